The normalized spacial score (nSPS) is 18.4. The van der Waals surface area contributed by atoms with Crippen molar-refractivity contribution >= 4 is 11.8 Å². The Balaban J connectivity index is 2.25. The summed E-state index contributed by atoms with van der Waals surface area (Å²) in [5.41, 5.74) is 0.174. The zero-order valence-electron chi connectivity index (χ0n) is 10.6. The highest BCUT2D eigenvalue weighted by Crippen LogP contribution is 2.25. The monoisotopic (exact) mass is 264 g/mol. The maximum atomic E-state index is 12.3. The van der Waals surface area contributed by atoms with Crippen LogP contribution in [-0.4, -0.2) is 46.6 Å². The van der Waals surface area contributed by atoms with E-state index in [1.807, 2.05) is 0 Å². The second-order valence-electron chi connectivity index (χ2n) is 4.51. The molecule has 0 spiro atoms. The number of hydrogen-bond acceptors (Lipinski definition) is 4. The summed E-state index contributed by atoms with van der Waals surface area (Å²) in [6, 6.07) is 3.22. The molecule has 19 heavy (non-hydrogen) atoms. The molecule has 1 aliphatic heterocycles. The number of likely N-dealkylation sites (N-methyl/N-ethyl adjacent to an activating group) is 1. The van der Waals surface area contributed by atoms with Crippen molar-refractivity contribution in [2.24, 2.45) is 0 Å². The highest BCUT2D eigenvalue weighted by Gasteiger charge is 2.34. The Hall–Kier alpha value is -2.24. The van der Waals surface area contributed by atoms with E-state index in [1.165, 1.54) is 24.1 Å². The zero-order chi connectivity index (χ0) is 14.0. The van der Waals surface area contributed by atoms with E-state index in [0.29, 0.717) is 13.0 Å². The van der Waals surface area contributed by atoms with Crippen molar-refractivity contribution in [2.45, 2.75) is 18.9 Å². The van der Waals surface area contributed by atoms with E-state index >= 15 is 0 Å². The van der Waals surface area contributed by atoms with Crippen LogP contribution in [-0.2, 0) is 4.79 Å². The molecule has 6 nitrogen and oxygen atoms in total. The zero-order valence-corrected chi connectivity index (χ0v) is 10.6. The lowest BCUT2D eigenvalue weighted by molar-refractivity contribution is -0.124. The first-order valence-electron chi connectivity index (χ1n) is 6.08. The number of likely N-dealkylation sites (tertiary alicyclic amines) is 1. The van der Waals surface area contributed by atoms with Gasteiger partial charge in [-0.3, -0.25) is 9.59 Å². The molecule has 1 atom stereocenters. The quantitative estimate of drug-likeness (QED) is 0.723. The van der Waals surface area contributed by atoms with Crippen LogP contribution in [0.1, 0.15) is 23.2 Å². The van der Waals surface area contributed by atoms with Gasteiger partial charge in [0.25, 0.3) is 5.91 Å². The highest BCUT2D eigenvalue weighted by atomic mass is 16.3. The molecule has 102 valence electrons. The fourth-order valence-corrected chi connectivity index (χ4v) is 2.33. The van der Waals surface area contributed by atoms with Crippen molar-refractivity contribution in [3.63, 3.8) is 0 Å². The average molecular weight is 264 g/mol. The van der Waals surface area contributed by atoms with E-state index in [4.69, 9.17) is 0 Å². The lowest BCUT2D eigenvalue weighted by Gasteiger charge is -2.23. The number of hydrogen-bond donors (Lipinski definition) is 3. The van der Waals surface area contributed by atoms with Crippen LogP contribution >= 0.6 is 0 Å². The summed E-state index contributed by atoms with van der Waals surface area (Å²) in [5, 5.41) is 21.3. The van der Waals surface area contributed by atoms with Gasteiger partial charge in [0, 0.05) is 25.2 Å². The molecule has 1 aromatic carbocycles. The highest BCUT2D eigenvalue weighted by molar-refractivity contribution is 5.98. The summed E-state index contributed by atoms with van der Waals surface area (Å²) in [4.78, 5) is 25.5. The number of carbonyl (C=O) groups is 2. The van der Waals surface area contributed by atoms with E-state index < -0.39 is 6.04 Å². The fourth-order valence-electron chi connectivity index (χ4n) is 2.33. The van der Waals surface area contributed by atoms with Crippen LogP contribution in [0.25, 0.3) is 0 Å². The Bertz CT molecular complexity index is 495. The van der Waals surface area contributed by atoms with Crippen LogP contribution in [0.5, 0.6) is 11.5 Å². The van der Waals surface area contributed by atoms with Crippen molar-refractivity contribution in [3.8, 4) is 11.5 Å². The number of amides is 2. The maximum Gasteiger partial charge on any atom is 0.254 e. The van der Waals surface area contributed by atoms with Gasteiger partial charge in [0.1, 0.15) is 17.5 Å². The lowest BCUT2D eigenvalue weighted by Crippen LogP contribution is -2.44. The molecule has 1 aromatic rings. The number of rotatable bonds is 2. The minimum atomic E-state index is -0.484. The predicted molar refractivity (Wildman–Crippen MR) is 67.9 cm³/mol. The smallest absolute Gasteiger partial charge is 0.254 e. The second kappa shape index (κ2) is 5.17. The van der Waals surface area contributed by atoms with Crippen LogP contribution in [0.2, 0.25) is 0 Å². The minimum absolute atomic E-state index is 0.174. The number of nitrogens with one attached hydrogen (secondary N) is 1. The Morgan fingerprint density at radius 1 is 1.26 bits per heavy atom. The van der Waals surface area contributed by atoms with Gasteiger partial charge in [-0.2, -0.15) is 0 Å². The second-order valence-corrected chi connectivity index (χ2v) is 4.51. The van der Waals surface area contributed by atoms with Crippen LogP contribution < -0.4 is 5.32 Å². The van der Waals surface area contributed by atoms with Crippen molar-refractivity contribution in [1.29, 1.82) is 0 Å². The Morgan fingerprint density at radius 2 is 1.89 bits per heavy atom. The Labute approximate surface area is 110 Å². The maximum absolute atomic E-state index is 12.3. The molecular weight excluding hydrogens is 248 g/mol. The molecule has 6 heteroatoms. The number of nitrogens with zero attached hydrogens (tertiary/aromatic N) is 1. The Kier molecular flexibility index (Phi) is 3.59. The molecule has 0 aromatic heterocycles. The summed E-state index contributed by atoms with van der Waals surface area (Å²) in [6.45, 7) is 0.493. The SMILES string of the molecule is CNC(=O)C1CCCN1C(=O)c1cc(O)cc(O)c1. The molecule has 0 radical (unpaired) electrons. The largest absolute Gasteiger partial charge is 0.508 e. The van der Waals surface area contributed by atoms with Gasteiger partial charge in [-0.1, -0.05) is 0 Å². The van der Waals surface area contributed by atoms with Crippen molar-refractivity contribution in [3.05, 3.63) is 23.8 Å². The molecule has 1 heterocycles. The number of carbonyl (C=O) groups excluding carboxylic acids is 2. The number of phenols is 2. The van der Waals surface area contributed by atoms with Crippen LogP contribution in [0.3, 0.4) is 0 Å². The van der Waals surface area contributed by atoms with Crippen molar-refractivity contribution in [1.82, 2.24) is 10.2 Å². The molecule has 0 saturated carbocycles. The molecular formula is C13H16N2O4. The Morgan fingerprint density at radius 3 is 2.47 bits per heavy atom. The third-order valence-corrected chi connectivity index (χ3v) is 3.21. The number of aromatic hydroxyl groups is 2. The summed E-state index contributed by atoms with van der Waals surface area (Å²) >= 11 is 0. The molecule has 2 rings (SSSR count). The first kappa shape index (κ1) is 13.2. The van der Waals surface area contributed by atoms with Gasteiger partial charge in [-0.25, -0.2) is 0 Å². The minimum Gasteiger partial charge on any atom is -0.508 e. The summed E-state index contributed by atoms with van der Waals surface area (Å²) in [6.07, 6.45) is 1.38. The summed E-state index contributed by atoms with van der Waals surface area (Å²) in [7, 11) is 1.53. The molecule has 3 N–H and O–H groups in total. The van der Waals surface area contributed by atoms with Gasteiger partial charge in [0.05, 0.1) is 0 Å². The fraction of sp³-hybridized carbons (Fsp3) is 0.385. The van der Waals surface area contributed by atoms with Crippen molar-refractivity contribution < 1.29 is 19.8 Å². The molecule has 1 unspecified atom stereocenters. The first-order chi connectivity index (χ1) is 9.02. The van der Waals surface area contributed by atoms with Gasteiger partial charge in [-0.05, 0) is 25.0 Å². The molecule has 1 fully saturated rings. The van der Waals surface area contributed by atoms with E-state index in [-0.39, 0.29) is 28.9 Å². The van der Waals surface area contributed by atoms with Gasteiger partial charge < -0.3 is 20.4 Å². The average Bonchev–Trinajstić information content (AvgIpc) is 2.84. The number of phenolic OH excluding ortho intramolecular Hbond substituents is 2. The first-order valence-corrected chi connectivity index (χ1v) is 6.08. The molecule has 0 aliphatic carbocycles. The third-order valence-electron chi connectivity index (χ3n) is 3.21. The molecule has 2 amide bonds. The molecule has 1 saturated heterocycles. The third kappa shape index (κ3) is 2.62. The van der Waals surface area contributed by atoms with Gasteiger partial charge >= 0.3 is 0 Å². The van der Waals surface area contributed by atoms with E-state index in [0.717, 1.165) is 12.5 Å². The van der Waals surface area contributed by atoms with Crippen molar-refractivity contribution in [2.75, 3.05) is 13.6 Å². The standard InChI is InChI=1S/C13H16N2O4/c1-14-12(18)11-3-2-4-15(11)13(19)8-5-9(16)7-10(17)6-8/h5-7,11,16-17H,2-4H2,1H3,(H,14,18). The van der Waals surface area contributed by atoms with Gasteiger partial charge in [-0.15, -0.1) is 0 Å². The predicted octanol–water partition coefficient (Wildman–Crippen LogP) is 0.448. The van der Waals surface area contributed by atoms with Gasteiger partial charge in [0.2, 0.25) is 5.91 Å². The molecule has 0 bridgehead atoms. The van der Waals surface area contributed by atoms with E-state index in [2.05, 4.69) is 5.32 Å². The van der Waals surface area contributed by atoms with E-state index in [9.17, 15) is 19.8 Å². The lowest BCUT2D eigenvalue weighted by atomic mass is 10.1. The van der Waals surface area contributed by atoms with E-state index in [1.54, 1.807) is 0 Å². The summed E-state index contributed by atoms with van der Waals surface area (Å²) in [5.74, 6) is -0.925. The molecule has 1 aliphatic rings. The van der Waals surface area contributed by atoms with Crippen LogP contribution in [0, 0.1) is 0 Å². The van der Waals surface area contributed by atoms with Gasteiger partial charge in [0.15, 0.2) is 0 Å². The van der Waals surface area contributed by atoms with Crippen LogP contribution in [0.4, 0.5) is 0 Å². The topological polar surface area (TPSA) is 89.9 Å². The van der Waals surface area contributed by atoms with Crippen LogP contribution in [0.15, 0.2) is 18.2 Å². The summed E-state index contributed by atoms with van der Waals surface area (Å²) < 4.78 is 0. The number of benzene rings is 1.